The maximum absolute atomic E-state index is 10.3. The number of rotatable bonds is 2. The number of hydrogen-bond acceptors (Lipinski definition) is 1. The van der Waals surface area contributed by atoms with Gasteiger partial charge in [0.1, 0.15) is 0 Å². The summed E-state index contributed by atoms with van der Waals surface area (Å²) < 4.78 is 0.736. The molecule has 12 heavy (non-hydrogen) atoms. The van der Waals surface area contributed by atoms with Gasteiger partial charge in [-0.25, -0.2) is 0 Å². The zero-order chi connectivity index (χ0) is 8.97. The molecule has 1 nitrogen and oxygen atoms in total. The summed E-state index contributed by atoms with van der Waals surface area (Å²) in [5.74, 6) is 1.93. The van der Waals surface area contributed by atoms with Gasteiger partial charge in [0.05, 0.1) is 0 Å². The molecule has 1 aliphatic carbocycles. The van der Waals surface area contributed by atoms with E-state index in [1.165, 1.54) is 5.57 Å². The summed E-state index contributed by atoms with van der Waals surface area (Å²) in [6, 6.07) is 0. The predicted octanol–water partition coefficient (Wildman–Crippen LogP) is 2.19. The summed E-state index contributed by atoms with van der Waals surface area (Å²) in [6.07, 6.45) is 6.87. The first-order valence-corrected chi connectivity index (χ1v) is 7.60. The first-order valence-electron chi connectivity index (χ1n) is 3.93. The molecule has 0 radical (unpaired) electrons. The zero-order valence-electron chi connectivity index (χ0n) is 7.33. The zero-order valence-corrected chi connectivity index (χ0v) is 9.66. The van der Waals surface area contributed by atoms with Crippen LogP contribution in [0.25, 0.3) is 0 Å². The van der Waals surface area contributed by atoms with Crippen LogP contribution in [0.1, 0.15) is 13.3 Å². The van der Waals surface area contributed by atoms with Crippen LogP contribution in [0.5, 0.6) is 0 Å². The van der Waals surface area contributed by atoms with Gasteiger partial charge in [0.15, 0.2) is 0 Å². The number of hydrogen-bond donors (Lipinski definition) is 0. The van der Waals surface area contributed by atoms with Crippen molar-refractivity contribution >= 4 is 26.9 Å². The van der Waals surface area contributed by atoms with E-state index in [9.17, 15) is 4.79 Å². The third-order valence-electron chi connectivity index (χ3n) is 1.99. The van der Waals surface area contributed by atoms with Crippen molar-refractivity contribution in [1.82, 2.24) is 0 Å². The van der Waals surface area contributed by atoms with E-state index in [0.717, 1.165) is 16.0 Å². The third-order valence-corrected chi connectivity index (χ3v) is 4.78. The van der Waals surface area contributed by atoms with Crippen LogP contribution < -0.4 is 0 Å². The van der Waals surface area contributed by atoms with Crippen molar-refractivity contribution in [1.29, 1.82) is 0 Å². The summed E-state index contributed by atoms with van der Waals surface area (Å²) >= 11 is 0.114. The molecule has 0 aliphatic heterocycles. The number of carbonyl (C=O) groups excluding carboxylic acids is 1. The Morgan fingerprint density at radius 1 is 1.58 bits per heavy atom. The van der Waals surface area contributed by atoms with Crippen LogP contribution in [-0.2, 0) is 4.79 Å². The van der Waals surface area contributed by atoms with E-state index in [0.29, 0.717) is 0 Å². The minimum atomic E-state index is 0.114. The fourth-order valence-electron chi connectivity index (χ4n) is 1.07. The van der Waals surface area contributed by atoms with Crippen LogP contribution in [0.2, 0.25) is 8.94 Å². The summed E-state index contributed by atoms with van der Waals surface area (Å²) in [5, 5.41) is 0. The van der Waals surface area contributed by atoms with Gasteiger partial charge in [-0.2, -0.15) is 0 Å². The molecule has 1 unspecified atom stereocenters. The van der Waals surface area contributed by atoms with Crippen LogP contribution in [0.3, 0.4) is 0 Å². The fraction of sp³-hybridized carbons (Fsp3) is 0.400. The average molecular weight is 276 g/mol. The molecule has 0 saturated carbocycles. The molecular formula is C10H12OTe. The molecule has 1 rings (SSSR count). The summed E-state index contributed by atoms with van der Waals surface area (Å²) in [5.41, 5.74) is 2.17. The third kappa shape index (κ3) is 2.35. The SMILES string of the molecule is C[Te]C(C)C1=CCC(=C=O)C=C1. The van der Waals surface area contributed by atoms with Gasteiger partial charge in [0.25, 0.3) is 0 Å². The molecule has 0 amide bonds. The van der Waals surface area contributed by atoms with Crippen molar-refractivity contribution in [3.63, 3.8) is 0 Å². The van der Waals surface area contributed by atoms with Crippen LogP contribution >= 0.6 is 0 Å². The van der Waals surface area contributed by atoms with Crippen LogP contribution in [0.15, 0.2) is 29.4 Å². The van der Waals surface area contributed by atoms with Crippen molar-refractivity contribution in [3.05, 3.63) is 29.4 Å². The molecule has 0 aromatic heterocycles. The summed E-state index contributed by atoms with van der Waals surface area (Å²) in [7, 11) is 0. The molecule has 0 spiro atoms. The van der Waals surface area contributed by atoms with Gasteiger partial charge in [-0.3, -0.25) is 0 Å². The van der Waals surface area contributed by atoms with E-state index >= 15 is 0 Å². The monoisotopic (exact) mass is 278 g/mol. The predicted molar refractivity (Wildman–Crippen MR) is 52.1 cm³/mol. The average Bonchev–Trinajstić information content (AvgIpc) is 2.17. The van der Waals surface area contributed by atoms with E-state index in [4.69, 9.17) is 0 Å². The summed E-state index contributed by atoms with van der Waals surface area (Å²) in [6.45, 7) is 2.26. The topological polar surface area (TPSA) is 17.1 Å². The Hall–Kier alpha value is -0.280. The molecule has 64 valence electrons. The Kier molecular flexibility index (Phi) is 3.82. The van der Waals surface area contributed by atoms with E-state index in [1.54, 1.807) is 0 Å². The molecule has 0 N–H and O–H groups in total. The van der Waals surface area contributed by atoms with Gasteiger partial charge in [0, 0.05) is 0 Å². The van der Waals surface area contributed by atoms with Gasteiger partial charge in [-0.15, -0.1) is 0 Å². The van der Waals surface area contributed by atoms with Crippen molar-refractivity contribution < 1.29 is 4.79 Å². The molecule has 0 bridgehead atoms. The van der Waals surface area contributed by atoms with E-state index in [-0.39, 0.29) is 20.9 Å². The molecule has 0 saturated heterocycles. The fourth-order valence-corrected chi connectivity index (χ4v) is 2.35. The van der Waals surface area contributed by atoms with Gasteiger partial charge >= 0.3 is 83.3 Å². The first kappa shape index (κ1) is 9.80. The Bertz CT molecular complexity index is 270. The van der Waals surface area contributed by atoms with Crippen molar-refractivity contribution in [2.45, 2.75) is 22.3 Å². The van der Waals surface area contributed by atoms with Crippen LogP contribution in [0, 0.1) is 0 Å². The van der Waals surface area contributed by atoms with E-state index in [1.807, 2.05) is 12.0 Å². The molecule has 0 heterocycles. The standard InChI is InChI=1S/C10H12OTe/c1-8(12-2)10-5-3-9(7-11)4-6-10/h3,5-6,8H,4H2,1-2H3. The molecule has 0 aromatic rings. The van der Waals surface area contributed by atoms with Crippen LogP contribution in [0.4, 0.5) is 0 Å². The summed E-state index contributed by atoms with van der Waals surface area (Å²) in [4.78, 5) is 12.6. The van der Waals surface area contributed by atoms with E-state index in [2.05, 4.69) is 24.0 Å². The molecule has 0 fully saturated rings. The minimum absolute atomic E-state index is 0.114. The Labute approximate surface area is 83.3 Å². The second-order valence-electron chi connectivity index (χ2n) is 2.75. The van der Waals surface area contributed by atoms with Crippen molar-refractivity contribution in [3.8, 4) is 0 Å². The molecule has 2 heteroatoms. The quantitative estimate of drug-likeness (QED) is 0.558. The normalized spacial score (nSPS) is 18.5. The second-order valence-corrected chi connectivity index (χ2v) is 6.11. The van der Waals surface area contributed by atoms with Crippen molar-refractivity contribution in [2.24, 2.45) is 0 Å². The van der Waals surface area contributed by atoms with Gasteiger partial charge in [-0.1, -0.05) is 0 Å². The number of allylic oxidation sites excluding steroid dienone is 5. The van der Waals surface area contributed by atoms with Crippen LogP contribution in [-0.4, -0.2) is 26.9 Å². The molecule has 1 atom stereocenters. The van der Waals surface area contributed by atoms with Gasteiger partial charge < -0.3 is 0 Å². The first-order chi connectivity index (χ1) is 5.77. The molecular weight excluding hydrogens is 264 g/mol. The van der Waals surface area contributed by atoms with Gasteiger partial charge in [0.2, 0.25) is 0 Å². The second kappa shape index (κ2) is 4.67. The Balaban J connectivity index is 2.70. The molecule has 0 aromatic carbocycles. The maximum atomic E-state index is 10.3. The van der Waals surface area contributed by atoms with E-state index < -0.39 is 0 Å². The van der Waals surface area contributed by atoms with Gasteiger partial charge in [-0.05, 0) is 0 Å². The Morgan fingerprint density at radius 3 is 2.75 bits per heavy atom. The molecule has 1 aliphatic rings. The Morgan fingerprint density at radius 2 is 2.33 bits per heavy atom. The van der Waals surface area contributed by atoms with Crippen molar-refractivity contribution in [2.75, 3.05) is 0 Å².